The molecule has 3 amide bonds. The van der Waals surface area contributed by atoms with Gasteiger partial charge in [0.1, 0.15) is 5.01 Å². The van der Waals surface area contributed by atoms with Gasteiger partial charge in [0.25, 0.3) is 0 Å². The highest BCUT2D eigenvalue weighted by atomic mass is 32.1. The van der Waals surface area contributed by atoms with Crippen molar-refractivity contribution in [3.8, 4) is 0 Å². The zero-order chi connectivity index (χ0) is 23.5. The summed E-state index contributed by atoms with van der Waals surface area (Å²) in [5.74, 6) is -0.0521. The number of nitrogens with one attached hydrogen (secondary N) is 1. The Morgan fingerprint density at radius 3 is 2.48 bits per heavy atom. The smallest absolute Gasteiger partial charge is 0.229 e. The Hall–Kier alpha value is -2.81. The molecule has 0 aliphatic carbocycles. The number of hydrogen-bond acceptors (Lipinski definition) is 6. The van der Waals surface area contributed by atoms with Crippen molar-refractivity contribution in [3.05, 3.63) is 34.8 Å². The molecule has 0 unspecified atom stereocenters. The molecule has 9 heteroatoms. The van der Waals surface area contributed by atoms with Gasteiger partial charge in [-0.25, -0.2) is 0 Å². The number of aromatic nitrogens is 2. The molecule has 0 bridgehead atoms. The second-order valence-electron chi connectivity index (χ2n) is 9.43. The van der Waals surface area contributed by atoms with Crippen LogP contribution < -0.4 is 10.2 Å². The average molecular weight is 470 g/mol. The summed E-state index contributed by atoms with van der Waals surface area (Å²) in [6.45, 7) is 7.72. The van der Waals surface area contributed by atoms with Crippen LogP contribution in [0.25, 0.3) is 0 Å². The van der Waals surface area contributed by atoms with Crippen molar-refractivity contribution in [3.63, 3.8) is 0 Å². The van der Waals surface area contributed by atoms with E-state index in [0.29, 0.717) is 43.5 Å². The van der Waals surface area contributed by atoms with Crippen LogP contribution in [0, 0.1) is 24.7 Å². The largest absolute Gasteiger partial charge is 0.342 e. The number of hydrogen-bond donors (Lipinski definition) is 1. The van der Waals surface area contributed by atoms with E-state index in [4.69, 9.17) is 0 Å². The van der Waals surface area contributed by atoms with E-state index in [-0.39, 0.29) is 36.0 Å². The predicted octanol–water partition coefficient (Wildman–Crippen LogP) is 3.28. The SMILES string of the molecule is Cc1ccc(N2C[C@@H](C(=O)N3CCC(C(=O)Nc4nnc(CC(C)C)s4)CC3)CC2=O)cc1. The second kappa shape index (κ2) is 9.99. The number of benzene rings is 1. The molecule has 33 heavy (non-hydrogen) atoms. The first kappa shape index (κ1) is 23.4. The third kappa shape index (κ3) is 5.58. The minimum absolute atomic E-state index is 0.0132. The molecule has 1 N–H and O–H groups in total. The number of carbonyl (C=O) groups is 3. The highest BCUT2D eigenvalue weighted by Crippen LogP contribution is 2.29. The summed E-state index contributed by atoms with van der Waals surface area (Å²) in [6, 6.07) is 7.79. The van der Waals surface area contributed by atoms with Crippen molar-refractivity contribution in [2.75, 3.05) is 29.9 Å². The van der Waals surface area contributed by atoms with Crippen molar-refractivity contribution in [1.82, 2.24) is 15.1 Å². The number of amides is 3. The second-order valence-corrected chi connectivity index (χ2v) is 10.5. The van der Waals surface area contributed by atoms with E-state index in [1.54, 1.807) is 4.90 Å². The molecule has 2 aliphatic rings. The summed E-state index contributed by atoms with van der Waals surface area (Å²) in [5.41, 5.74) is 1.97. The van der Waals surface area contributed by atoms with E-state index < -0.39 is 0 Å². The van der Waals surface area contributed by atoms with Gasteiger partial charge in [-0.15, -0.1) is 10.2 Å². The lowest BCUT2D eigenvalue weighted by molar-refractivity contribution is -0.138. The zero-order valence-electron chi connectivity index (χ0n) is 19.4. The van der Waals surface area contributed by atoms with Gasteiger partial charge in [0.15, 0.2) is 0 Å². The zero-order valence-corrected chi connectivity index (χ0v) is 20.2. The predicted molar refractivity (Wildman–Crippen MR) is 128 cm³/mol. The summed E-state index contributed by atoms with van der Waals surface area (Å²) in [6.07, 6.45) is 2.30. The summed E-state index contributed by atoms with van der Waals surface area (Å²) >= 11 is 1.42. The number of likely N-dealkylation sites (tertiary alicyclic amines) is 1. The molecule has 4 rings (SSSR count). The molecule has 2 aromatic rings. The van der Waals surface area contributed by atoms with Gasteiger partial charge in [-0.05, 0) is 37.8 Å². The number of nitrogens with zero attached hydrogens (tertiary/aromatic N) is 4. The quantitative estimate of drug-likeness (QED) is 0.701. The molecule has 1 aromatic heterocycles. The number of aryl methyl sites for hydroxylation is 1. The maximum Gasteiger partial charge on any atom is 0.229 e. The highest BCUT2D eigenvalue weighted by Gasteiger charge is 2.38. The Morgan fingerprint density at radius 2 is 1.82 bits per heavy atom. The van der Waals surface area contributed by atoms with Crippen LogP contribution in [0.3, 0.4) is 0 Å². The third-order valence-electron chi connectivity index (χ3n) is 6.28. The molecule has 1 aromatic carbocycles. The molecule has 0 spiro atoms. The Kier molecular flexibility index (Phi) is 7.07. The van der Waals surface area contributed by atoms with Crippen molar-refractivity contribution in [2.45, 2.75) is 46.5 Å². The molecule has 2 saturated heterocycles. The third-order valence-corrected chi connectivity index (χ3v) is 7.14. The molecule has 2 fully saturated rings. The summed E-state index contributed by atoms with van der Waals surface area (Å²) in [4.78, 5) is 41.8. The standard InChI is InChI=1S/C24H31N5O3S/c1-15(2)12-20-26-27-24(33-20)25-22(31)17-8-10-28(11-9-17)23(32)18-13-21(30)29(14-18)19-6-4-16(3)5-7-19/h4-7,15,17-18H,8-14H2,1-3H3,(H,25,27,31)/t18-/m0/s1. The molecule has 8 nitrogen and oxygen atoms in total. The molecule has 0 saturated carbocycles. The average Bonchev–Trinajstić information content (AvgIpc) is 3.39. The number of rotatable bonds is 6. The lowest BCUT2D eigenvalue weighted by atomic mass is 9.94. The van der Waals surface area contributed by atoms with Crippen molar-refractivity contribution >= 4 is 39.9 Å². The van der Waals surface area contributed by atoms with Gasteiger partial charge in [0.05, 0.1) is 5.92 Å². The van der Waals surface area contributed by atoms with Crippen LogP contribution in [-0.2, 0) is 20.8 Å². The van der Waals surface area contributed by atoms with Gasteiger partial charge in [-0.1, -0.05) is 42.9 Å². The van der Waals surface area contributed by atoms with Gasteiger partial charge in [-0.3, -0.25) is 14.4 Å². The molecule has 176 valence electrons. The Bertz CT molecular complexity index is 1010. The van der Waals surface area contributed by atoms with Gasteiger partial charge in [0, 0.05) is 44.1 Å². The Balaban J connectivity index is 1.27. The normalized spacial score (nSPS) is 19.4. The van der Waals surface area contributed by atoms with Gasteiger partial charge < -0.3 is 15.1 Å². The Morgan fingerprint density at radius 1 is 1.12 bits per heavy atom. The van der Waals surface area contributed by atoms with Crippen LogP contribution >= 0.6 is 11.3 Å². The summed E-state index contributed by atoms with van der Waals surface area (Å²) in [7, 11) is 0. The Labute approximate surface area is 198 Å². The molecule has 2 aliphatic heterocycles. The van der Waals surface area contributed by atoms with E-state index >= 15 is 0 Å². The maximum absolute atomic E-state index is 13.1. The first-order valence-electron chi connectivity index (χ1n) is 11.6. The fourth-order valence-electron chi connectivity index (χ4n) is 4.41. The van der Waals surface area contributed by atoms with Crippen LogP contribution in [-0.4, -0.2) is 52.5 Å². The number of carbonyl (C=O) groups excluding carboxylic acids is 3. The highest BCUT2D eigenvalue weighted by molar-refractivity contribution is 7.15. The van der Waals surface area contributed by atoms with Crippen molar-refractivity contribution < 1.29 is 14.4 Å². The molecular formula is C24H31N5O3S. The molecular weight excluding hydrogens is 438 g/mol. The van der Waals surface area contributed by atoms with Gasteiger partial charge in [0.2, 0.25) is 22.9 Å². The van der Waals surface area contributed by atoms with E-state index in [0.717, 1.165) is 22.7 Å². The van der Waals surface area contributed by atoms with Crippen LogP contribution in [0.5, 0.6) is 0 Å². The van der Waals surface area contributed by atoms with E-state index in [1.807, 2.05) is 36.1 Å². The van der Waals surface area contributed by atoms with Gasteiger partial charge in [-0.2, -0.15) is 0 Å². The minimum Gasteiger partial charge on any atom is -0.342 e. The summed E-state index contributed by atoms with van der Waals surface area (Å²) in [5, 5.41) is 12.6. The number of piperidine rings is 1. The van der Waals surface area contributed by atoms with E-state index in [1.165, 1.54) is 11.3 Å². The molecule has 1 atom stereocenters. The van der Waals surface area contributed by atoms with E-state index in [2.05, 4.69) is 29.4 Å². The van der Waals surface area contributed by atoms with Crippen molar-refractivity contribution in [1.29, 1.82) is 0 Å². The molecule has 3 heterocycles. The van der Waals surface area contributed by atoms with Crippen LogP contribution in [0.15, 0.2) is 24.3 Å². The minimum atomic E-state index is -0.329. The van der Waals surface area contributed by atoms with Gasteiger partial charge >= 0.3 is 0 Å². The molecule has 0 radical (unpaired) electrons. The lowest BCUT2D eigenvalue weighted by Crippen LogP contribution is -2.44. The van der Waals surface area contributed by atoms with E-state index in [9.17, 15) is 14.4 Å². The van der Waals surface area contributed by atoms with Crippen molar-refractivity contribution in [2.24, 2.45) is 17.8 Å². The first-order valence-corrected chi connectivity index (χ1v) is 12.4. The van der Waals surface area contributed by atoms with Crippen LogP contribution in [0.4, 0.5) is 10.8 Å². The topological polar surface area (TPSA) is 95.5 Å². The fourth-order valence-corrected chi connectivity index (χ4v) is 5.37. The number of anilines is 2. The lowest BCUT2D eigenvalue weighted by Gasteiger charge is -2.32. The van der Waals surface area contributed by atoms with Crippen LogP contribution in [0.2, 0.25) is 0 Å². The summed E-state index contributed by atoms with van der Waals surface area (Å²) < 4.78 is 0. The first-order chi connectivity index (χ1) is 15.8. The van der Waals surface area contributed by atoms with Crippen LogP contribution in [0.1, 0.15) is 43.7 Å². The monoisotopic (exact) mass is 469 g/mol. The maximum atomic E-state index is 13.1. The fraction of sp³-hybridized carbons (Fsp3) is 0.542.